The number of primary sulfonamides is 1. The topological polar surface area (TPSA) is 102 Å². The van der Waals surface area contributed by atoms with Crippen molar-refractivity contribution in [1.82, 2.24) is 19.4 Å². The average molecular weight is 676 g/mol. The highest BCUT2D eigenvalue weighted by Crippen LogP contribution is 2.45. The van der Waals surface area contributed by atoms with Crippen molar-refractivity contribution in [3.63, 3.8) is 0 Å². The second kappa shape index (κ2) is 13.0. The largest absolute Gasteiger partial charge is 0.339 e. The molecule has 1 aromatic heterocycles. The fraction of sp³-hybridized carbons (Fsp3) is 0.459. The van der Waals surface area contributed by atoms with Gasteiger partial charge in [-0.3, -0.25) is 9.69 Å². The quantitative estimate of drug-likeness (QED) is 0.223. The zero-order valence-corrected chi connectivity index (χ0v) is 28.1. The van der Waals surface area contributed by atoms with Crippen LogP contribution in [0.2, 0.25) is 0 Å². The Morgan fingerprint density at radius 3 is 2.25 bits per heavy atom. The second-order valence-electron chi connectivity index (χ2n) is 13.9. The van der Waals surface area contributed by atoms with E-state index in [9.17, 15) is 22.0 Å². The minimum absolute atomic E-state index is 0.0106. The van der Waals surface area contributed by atoms with Crippen LogP contribution in [0.3, 0.4) is 0 Å². The van der Waals surface area contributed by atoms with Crippen LogP contribution < -0.4 is 5.14 Å². The van der Waals surface area contributed by atoms with Crippen LogP contribution in [0.25, 0.3) is 11.0 Å². The molecule has 1 amide bonds. The number of halogens is 2. The molecule has 2 unspecified atom stereocenters. The number of sulfonamides is 1. The number of aryl methyl sites for hydroxylation is 1. The van der Waals surface area contributed by atoms with Gasteiger partial charge in [0.05, 0.1) is 15.9 Å². The molecule has 3 aliphatic rings. The molecule has 0 saturated carbocycles. The highest BCUT2D eigenvalue weighted by Gasteiger charge is 2.44. The Labute approximate surface area is 281 Å². The van der Waals surface area contributed by atoms with E-state index in [2.05, 4.69) is 58.9 Å². The van der Waals surface area contributed by atoms with E-state index in [1.165, 1.54) is 30.0 Å². The first-order chi connectivity index (χ1) is 23.1. The molecule has 3 aliphatic heterocycles. The minimum Gasteiger partial charge on any atom is -0.339 e. The van der Waals surface area contributed by atoms with Crippen LogP contribution in [-0.2, 0) is 28.8 Å². The first-order valence-electron chi connectivity index (χ1n) is 17.0. The molecular formula is C37H43F2N5O3S. The van der Waals surface area contributed by atoms with Crippen LogP contribution in [0.1, 0.15) is 83.9 Å². The lowest BCUT2D eigenvalue weighted by Gasteiger charge is -2.45. The molecule has 2 bridgehead atoms. The zero-order chi connectivity index (χ0) is 33.6. The van der Waals surface area contributed by atoms with E-state index >= 15 is 0 Å². The summed E-state index contributed by atoms with van der Waals surface area (Å²) < 4.78 is 54.5. The van der Waals surface area contributed by atoms with Gasteiger partial charge in [-0.1, -0.05) is 42.5 Å². The summed E-state index contributed by atoms with van der Waals surface area (Å²) in [5.41, 5.74) is 2.93. The maximum atomic E-state index is 13.9. The van der Waals surface area contributed by atoms with E-state index in [0.717, 1.165) is 56.1 Å². The van der Waals surface area contributed by atoms with Crippen LogP contribution in [0.4, 0.5) is 8.78 Å². The number of carbonyl (C=O) groups excluding carboxylic acids is 1. The number of imidazole rings is 1. The smallest absolute Gasteiger partial charge is 0.253 e. The van der Waals surface area contributed by atoms with Crippen molar-refractivity contribution in [3.8, 4) is 0 Å². The van der Waals surface area contributed by atoms with E-state index in [-0.39, 0.29) is 22.1 Å². The number of aromatic nitrogens is 2. The Morgan fingerprint density at radius 2 is 1.60 bits per heavy atom. The number of hydrogen-bond donors (Lipinski definition) is 1. The van der Waals surface area contributed by atoms with Crippen molar-refractivity contribution in [2.75, 3.05) is 19.6 Å². The van der Waals surface area contributed by atoms with Gasteiger partial charge in [-0.25, -0.2) is 27.3 Å². The number of nitrogens with zero attached hydrogens (tertiary/aromatic N) is 4. The molecule has 4 heterocycles. The predicted molar refractivity (Wildman–Crippen MR) is 182 cm³/mol. The van der Waals surface area contributed by atoms with Crippen LogP contribution in [-0.4, -0.2) is 65.4 Å². The number of para-hydroxylation sites is 2. The van der Waals surface area contributed by atoms with Gasteiger partial charge in [-0.05, 0) is 99.2 Å². The summed E-state index contributed by atoms with van der Waals surface area (Å²) >= 11 is 0. The molecule has 3 saturated heterocycles. The third kappa shape index (κ3) is 5.94. The number of nitrogens with two attached hydrogens (primary N) is 1. The van der Waals surface area contributed by atoms with Gasteiger partial charge in [-0.15, -0.1) is 0 Å². The molecule has 254 valence electrons. The summed E-state index contributed by atoms with van der Waals surface area (Å²) in [6.07, 6.45) is 7.09. The number of amides is 1. The van der Waals surface area contributed by atoms with Crippen molar-refractivity contribution >= 4 is 27.0 Å². The molecule has 0 aliphatic carbocycles. The number of benzene rings is 3. The molecule has 2 atom stereocenters. The number of carbonyl (C=O) groups is 1. The summed E-state index contributed by atoms with van der Waals surface area (Å²) in [5.74, 6) is 0.683. The van der Waals surface area contributed by atoms with Crippen LogP contribution in [0.15, 0.2) is 71.6 Å². The van der Waals surface area contributed by atoms with Gasteiger partial charge in [0.25, 0.3) is 5.91 Å². The maximum Gasteiger partial charge on any atom is 0.253 e. The Kier molecular flexibility index (Phi) is 8.89. The molecule has 0 spiro atoms. The number of hydrogen-bond acceptors (Lipinski definition) is 5. The molecule has 8 nitrogen and oxygen atoms in total. The van der Waals surface area contributed by atoms with Gasteiger partial charge in [0.15, 0.2) is 0 Å². The Bertz CT molecular complexity index is 1910. The first-order valence-corrected chi connectivity index (χ1v) is 18.5. The maximum absolute atomic E-state index is 13.9. The Morgan fingerprint density at radius 1 is 0.938 bits per heavy atom. The van der Waals surface area contributed by atoms with Gasteiger partial charge in [0.1, 0.15) is 19.2 Å². The van der Waals surface area contributed by atoms with Gasteiger partial charge in [0, 0.05) is 42.3 Å². The van der Waals surface area contributed by atoms with Crippen molar-refractivity contribution in [1.29, 1.82) is 0 Å². The Balaban J connectivity index is 1.08. The van der Waals surface area contributed by atoms with Gasteiger partial charge in [-0.2, -0.15) is 0 Å². The second-order valence-corrected chi connectivity index (χ2v) is 15.4. The van der Waals surface area contributed by atoms with Crippen molar-refractivity contribution in [2.24, 2.45) is 5.14 Å². The number of fused-ring (bicyclic) bond motifs is 3. The fourth-order valence-corrected chi connectivity index (χ4v) is 9.76. The number of rotatable bonds is 9. The van der Waals surface area contributed by atoms with Gasteiger partial charge < -0.3 is 9.47 Å². The molecule has 2 N–H and O–H groups in total. The molecule has 0 radical (unpaired) electrons. The normalized spacial score (nSPS) is 22.8. The van der Waals surface area contributed by atoms with E-state index in [0.29, 0.717) is 31.2 Å². The van der Waals surface area contributed by atoms with E-state index in [1.807, 2.05) is 12.1 Å². The van der Waals surface area contributed by atoms with Crippen molar-refractivity contribution < 1.29 is 22.0 Å². The summed E-state index contributed by atoms with van der Waals surface area (Å²) in [4.78, 5) is 22.4. The van der Waals surface area contributed by atoms with Crippen LogP contribution in [0.5, 0.6) is 0 Å². The average Bonchev–Trinajstić information content (AvgIpc) is 3.56. The molecule has 3 aromatic carbocycles. The number of alkyl halides is 2. The molecule has 4 aromatic rings. The summed E-state index contributed by atoms with van der Waals surface area (Å²) in [5, 5.41) is 5.33. The number of piperidine rings is 2. The zero-order valence-electron chi connectivity index (χ0n) is 27.3. The van der Waals surface area contributed by atoms with Crippen molar-refractivity contribution in [2.45, 2.75) is 93.7 Å². The SMILES string of the molecule is Cc1nc2ccccc2n1C1CC2CCC(C1)N2CCC1(c2ccccc2)CCN(C(=O)c2cc(CF)c(CF)c(S(N)(=O)=O)c2)CC1. The molecule has 7 rings (SSSR count). The number of likely N-dealkylation sites (tertiary alicyclic amines) is 1. The van der Waals surface area contributed by atoms with Crippen LogP contribution in [0, 0.1) is 6.92 Å². The molecular weight excluding hydrogens is 633 g/mol. The van der Waals surface area contributed by atoms with Crippen LogP contribution >= 0.6 is 0 Å². The molecule has 11 heteroatoms. The lowest BCUT2D eigenvalue weighted by molar-refractivity contribution is 0.0606. The predicted octanol–water partition coefficient (Wildman–Crippen LogP) is 6.36. The highest BCUT2D eigenvalue weighted by atomic mass is 32.2. The monoisotopic (exact) mass is 675 g/mol. The Hall–Kier alpha value is -3.67. The van der Waals surface area contributed by atoms with E-state index < -0.39 is 34.2 Å². The van der Waals surface area contributed by atoms with Crippen molar-refractivity contribution in [3.05, 3.63) is 94.8 Å². The van der Waals surface area contributed by atoms with E-state index in [1.54, 1.807) is 4.90 Å². The highest BCUT2D eigenvalue weighted by molar-refractivity contribution is 7.89. The third-order valence-electron chi connectivity index (χ3n) is 11.4. The van der Waals surface area contributed by atoms with Gasteiger partial charge in [0.2, 0.25) is 10.0 Å². The molecule has 48 heavy (non-hydrogen) atoms. The summed E-state index contributed by atoms with van der Waals surface area (Å²) in [6.45, 7) is 1.75. The lowest BCUT2D eigenvalue weighted by atomic mass is 9.70. The fourth-order valence-electron chi connectivity index (χ4n) is 8.94. The van der Waals surface area contributed by atoms with Gasteiger partial charge >= 0.3 is 0 Å². The van der Waals surface area contributed by atoms with E-state index in [4.69, 9.17) is 10.1 Å². The standard InChI is InChI=1S/C37H43F2N5O3S/c1-25-41-33-9-5-6-10-34(33)44(25)31-21-29-11-12-30(22-31)43(29)18-15-37(28-7-3-2-4-8-28)13-16-42(17-14-37)36(45)26-19-27(23-38)32(24-39)35(20-26)48(40,46)47/h2-10,19-20,29-31H,11-18,21-24H2,1H3,(H2,40,46,47). The summed E-state index contributed by atoms with van der Waals surface area (Å²) in [7, 11) is -4.36. The lowest BCUT2D eigenvalue weighted by Crippen LogP contribution is -2.49. The minimum atomic E-state index is -4.36. The first kappa shape index (κ1) is 32.9. The molecule has 3 fully saturated rings. The third-order valence-corrected chi connectivity index (χ3v) is 12.3. The summed E-state index contributed by atoms with van der Waals surface area (Å²) in [6, 6.07) is 22.8.